The first-order valence-corrected chi connectivity index (χ1v) is 6.05. The van der Waals surface area contributed by atoms with Crippen molar-refractivity contribution in [3.05, 3.63) is 29.3 Å². The molecule has 0 amide bonds. The van der Waals surface area contributed by atoms with Crippen molar-refractivity contribution in [1.29, 1.82) is 0 Å². The van der Waals surface area contributed by atoms with Crippen LogP contribution in [0.15, 0.2) is 23.1 Å². The number of hydrogen-bond acceptors (Lipinski definition) is 2. The predicted molar refractivity (Wildman–Crippen MR) is 62.0 cm³/mol. The van der Waals surface area contributed by atoms with Crippen LogP contribution >= 0.6 is 11.8 Å². The lowest BCUT2D eigenvalue weighted by molar-refractivity contribution is -0.116. The molecule has 0 saturated heterocycles. The van der Waals surface area contributed by atoms with Crippen LogP contribution < -0.4 is 0 Å². The smallest absolute Gasteiger partial charge is 0.134 e. The van der Waals surface area contributed by atoms with Crippen molar-refractivity contribution in [3.8, 4) is 0 Å². The largest absolute Gasteiger partial charge is 0.300 e. The summed E-state index contributed by atoms with van der Waals surface area (Å²) in [6.45, 7) is 3.78. The topological polar surface area (TPSA) is 17.1 Å². The monoisotopic (exact) mass is 208 g/mol. The minimum absolute atomic E-state index is 0.223. The minimum atomic E-state index is 0.223. The van der Waals surface area contributed by atoms with Crippen LogP contribution in [0.2, 0.25) is 0 Å². The van der Waals surface area contributed by atoms with Gasteiger partial charge < -0.3 is 0 Å². The van der Waals surface area contributed by atoms with Crippen LogP contribution in [-0.4, -0.2) is 12.0 Å². The van der Waals surface area contributed by atoms with Crippen LogP contribution in [0.1, 0.15) is 25.0 Å². The fourth-order valence-corrected chi connectivity index (χ4v) is 2.22. The fraction of sp³-hybridized carbons (Fsp3) is 0.417. The van der Waals surface area contributed by atoms with Crippen molar-refractivity contribution in [2.45, 2.75) is 31.6 Å². The maximum Gasteiger partial charge on any atom is 0.134 e. The van der Waals surface area contributed by atoms with E-state index in [0.29, 0.717) is 6.42 Å². The molecule has 0 aromatic heterocycles. The van der Waals surface area contributed by atoms with E-state index >= 15 is 0 Å². The average Bonchev–Trinajstić information content (AvgIpc) is 2.16. The quantitative estimate of drug-likeness (QED) is 0.707. The van der Waals surface area contributed by atoms with Gasteiger partial charge >= 0.3 is 0 Å². The molecule has 0 heterocycles. The second-order valence-corrected chi connectivity index (χ2v) is 4.23. The number of ketones is 1. The molecule has 0 saturated carbocycles. The first kappa shape index (κ1) is 11.3. The van der Waals surface area contributed by atoms with E-state index in [1.165, 1.54) is 10.5 Å². The second-order valence-electron chi connectivity index (χ2n) is 3.38. The maximum atomic E-state index is 11.0. The summed E-state index contributed by atoms with van der Waals surface area (Å²) >= 11 is 1.75. The van der Waals surface area contributed by atoms with Gasteiger partial charge in [0.2, 0.25) is 0 Å². The summed E-state index contributed by atoms with van der Waals surface area (Å²) in [5.74, 6) is 0.223. The van der Waals surface area contributed by atoms with Gasteiger partial charge in [-0.1, -0.05) is 19.1 Å². The normalized spacial score (nSPS) is 10.2. The minimum Gasteiger partial charge on any atom is -0.300 e. The van der Waals surface area contributed by atoms with Crippen molar-refractivity contribution < 1.29 is 4.79 Å². The molecular formula is C12H16OS. The number of benzene rings is 1. The molecule has 0 N–H and O–H groups in total. The molecule has 1 aromatic rings. The molecule has 0 aliphatic rings. The van der Waals surface area contributed by atoms with E-state index < -0.39 is 0 Å². The molecule has 0 fully saturated rings. The first-order chi connectivity index (χ1) is 6.67. The number of carbonyl (C=O) groups excluding carboxylic acids is 1. The Bertz CT molecular complexity index is 331. The standard InChI is InChI=1S/C12H16OS/c1-4-11-6-5-10(7-9(2)13)8-12(11)14-3/h5-6,8H,4,7H2,1-3H3. The Kier molecular flexibility index (Phi) is 4.21. The zero-order chi connectivity index (χ0) is 10.6. The van der Waals surface area contributed by atoms with Crippen LogP contribution in [0.5, 0.6) is 0 Å². The van der Waals surface area contributed by atoms with Gasteiger partial charge in [-0.3, -0.25) is 4.79 Å². The zero-order valence-electron chi connectivity index (χ0n) is 8.96. The molecule has 76 valence electrons. The van der Waals surface area contributed by atoms with Crippen molar-refractivity contribution in [2.24, 2.45) is 0 Å². The van der Waals surface area contributed by atoms with Crippen LogP contribution in [0.3, 0.4) is 0 Å². The summed E-state index contributed by atoms with van der Waals surface area (Å²) in [6, 6.07) is 6.31. The number of thioether (sulfide) groups is 1. The van der Waals surface area contributed by atoms with Crippen molar-refractivity contribution >= 4 is 17.5 Å². The molecule has 1 rings (SSSR count). The lowest BCUT2D eigenvalue weighted by Gasteiger charge is -2.07. The van der Waals surface area contributed by atoms with E-state index in [1.807, 2.05) is 0 Å². The highest BCUT2D eigenvalue weighted by Crippen LogP contribution is 2.22. The van der Waals surface area contributed by atoms with E-state index in [1.54, 1.807) is 18.7 Å². The van der Waals surface area contributed by atoms with Gasteiger partial charge in [0.05, 0.1) is 0 Å². The Labute approximate surface area is 89.9 Å². The van der Waals surface area contributed by atoms with Crippen molar-refractivity contribution in [2.75, 3.05) is 6.26 Å². The van der Waals surface area contributed by atoms with Crippen LogP contribution in [0.4, 0.5) is 0 Å². The average molecular weight is 208 g/mol. The van der Waals surface area contributed by atoms with E-state index in [0.717, 1.165) is 12.0 Å². The molecule has 1 nitrogen and oxygen atoms in total. The zero-order valence-corrected chi connectivity index (χ0v) is 9.78. The van der Waals surface area contributed by atoms with Crippen LogP contribution in [0, 0.1) is 0 Å². The summed E-state index contributed by atoms with van der Waals surface area (Å²) in [7, 11) is 0. The maximum absolute atomic E-state index is 11.0. The van der Waals surface area contributed by atoms with Gasteiger partial charge in [0.25, 0.3) is 0 Å². The predicted octanol–water partition coefficient (Wildman–Crippen LogP) is 3.10. The lowest BCUT2D eigenvalue weighted by atomic mass is 10.1. The van der Waals surface area contributed by atoms with E-state index in [9.17, 15) is 4.79 Å². The second kappa shape index (κ2) is 5.20. The van der Waals surface area contributed by atoms with Gasteiger partial charge in [0.1, 0.15) is 5.78 Å². The van der Waals surface area contributed by atoms with E-state index in [4.69, 9.17) is 0 Å². The Hall–Kier alpha value is -0.760. The number of carbonyl (C=O) groups is 1. The molecule has 0 spiro atoms. The number of aryl methyl sites for hydroxylation is 1. The van der Waals surface area contributed by atoms with Crippen LogP contribution in [-0.2, 0) is 17.6 Å². The molecule has 1 aromatic carbocycles. The van der Waals surface area contributed by atoms with Crippen molar-refractivity contribution in [3.63, 3.8) is 0 Å². The Balaban J connectivity index is 2.95. The van der Waals surface area contributed by atoms with Crippen molar-refractivity contribution in [1.82, 2.24) is 0 Å². The van der Waals surface area contributed by atoms with E-state index in [2.05, 4.69) is 31.4 Å². The summed E-state index contributed by atoms with van der Waals surface area (Å²) in [5, 5.41) is 0. The molecule has 0 radical (unpaired) electrons. The number of hydrogen-bond donors (Lipinski definition) is 0. The van der Waals surface area contributed by atoms with Gasteiger partial charge in [-0.2, -0.15) is 0 Å². The SMILES string of the molecule is CCc1ccc(CC(C)=O)cc1SC. The summed E-state index contributed by atoms with van der Waals surface area (Å²) in [6.07, 6.45) is 3.68. The van der Waals surface area contributed by atoms with Gasteiger partial charge in [0, 0.05) is 11.3 Å². The van der Waals surface area contributed by atoms with Crippen LogP contribution in [0.25, 0.3) is 0 Å². The Morgan fingerprint density at radius 1 is 1.43 bits per heavy atom. The molecule has 14 heavy (non-hydrogen) atoms. The molecule has 0 aliphatic heterocycles. The van der Waals surface area contributed by atoms with Gasteiger partial charge in [0.15, 0.2) is 0 Å². The van der Waals surface area contributed by atoms with Gasteiger partial charge in [-0.25, -0.2) is 0 Å². The Morgan fingerprint density at radius 2 is 2.14 bits per heavy atom. The number of Topliss-reactive ketones (excluding diaryl/α,β-unsaturated/α-hetero) is 1. The Morgan fingerprint density at radius 3 is 2.64 bits per heavy atom. The lowest BCUT2D eigenvalue weighted by Crippen LogP contribution is -1.97. The van der Waals surface area contributed by atoms with E-state index in [-0.39, 0.29) is 5.78 Å². The number of rotatable bonds is 4. The van der Waals surface area contributed by atoms with Gasteiger partial charge in [-0.05, 0) is 36.8 Å². The highest BCUT2D eigenvalue weighted by molar-refractivity contribution is 7.98. The molecule has 0 unspecified atom stereocenters. The highest BCUT2D eigenvalue weighted by atomic mass is 32.2. The molecule has 2 heteroatoms. The first-order valence-electron chi connectivity index (χ1n) is 4.82. The molecule has 0 atom stereocenters. The third-order valence-electron chi connectivity index (χ3n) is 2.19. The molecule has 0 aliphatic carbocycles. The fourth-order valence-electron chi connectivity index (χ4n) is 1.48. The third kappa shape index (κ3) is 2.88. The molecular weight excluding hydrogens is 192 g/mol. The molecule has 0 bridgehead atoms. The summed E-state index contributed by atoms with van der Waals surface area (Å²) < 4.78 is 0. The summed E-state index contributed by atoms with van der Waals surface area (Å²) in [5.41, 5.74) is 2.49. The van der Waals surface area contributed by atoms with Gasteiger partial charge in [-0.15, -0.1) is 11.8 Å². The summed E-state index contributed by atoms with van der Waals surface area (Å²) in [4.78, 5) is 12.3. The highest BCUT2D eigenvalue weighted by Gasteiger charge is 2.03. The third-order valence-corrected chi connectivity index (χ3v) is 3.01.